The predicted molar refractivity (Wildman–Crippen MR) is 82.6 cm³/mol. The van der Waals surface area contributed by atoms with Gasteiger partial charge in [0.05, 0.1) is 0 Å². The molecule has 3 rings (SSSR count). The summed E-state index contributed by atoms with van der Waals surface area (Å²) in [4.78, 5) is 35.1. The van der Waals surface area contributed by atoms with Gasteiger partial charge < -0.3 is 4.74 Å². The van der Waals surface area contributed by atoms with Crippen molar-refractivity contribution in [2.24, 2.45) is 0 Å². The number of hydrogen-bond donors (Lipinski definition) is 2. The van der Waals surface area contributed by atoms with Gasteiger partial charge in [0.2, 0.25) is 0 Å². The molecule has 1 aliphatic rings. The Bertz CT molecular complexity index is 813. The molecule has 0 aliphatic carbocycles. The summed E-state index contributed by atoms with van der Waals surface area (Å²) in [6, 6.07) is 11.7. The van der Waals surface area contributed by atoms with Gasteiger partial charge in [-0.3, -0.25) is 20.2 Å². The van der Waals surface area contributed by atoms with Crippen molar-refractivity contribution >= 4 is 17.8 Å². The largest absolute Gasteiger partial charge is 0.468 e. The van der Waals surface area contributed by atoms with Crippen LogP contribution in [0.25, 0.3) is 11.1 Å². The van der Waals surface area contributed by atoms with E-state index in [1.54, 1.807) is 36.4 Å². The third-order valence-electron chi connectivity index (χ3n) is 3.65. The Hall–Kier alpha value is -3.22. The first-order valence-electron chi connectivity index (χ1n) is 7.10. The number of amides is 4. The van der Waals surface area contributed by atoms with E-state index in [9.17, 15) is 18.8 Å². The smallest absolute Gasteiger partial charge is 0.328 e. The van der Waals surface area contributed by atoms with Crippen molar-refractivity contribution in [2.75, 3.05) is 0 Å². The van der Waals surface area contributed by atoms with Crippen LogP contribution >= 0.6 is 0 Å². The molecule has 0 bridgehead atoms. The maximum atomic E-state index is 13.0. The highest BCUT2D eigenvalue weighted by Gasteiger charge is 2.49. The number of rotatable bonds is 3. The van der Waals surface area contributed by atoms with Crippen molar-refractivity contribution in [3.63, 3.8) is 0 Å². The van der Waals surface area contributed by atoms with Gasteiger partial charge >= 0.3 is 6.03 Å². The van der Waals surface area contributed by atoms with Crippen LogP contribution in [0.5, 0.6) is 5.75 Å². The molecular weight excluding hydrogens is 315 g/mol. The lowest BCUT2D eigenvalue weighted by Gasteiger charge is -2.30. The zero-order valence-electron chi connectivity index (χ0n) is 12.6. The van der Waals surface area contributed by atoms with Crippen molar-refractivity contribution in [3.8, 4) is 16.9 Å². The SMILES string of the molecule is CC1(Oc2cccc(-c3ccc(F)cc3)c2)C(=O)NC(=O)NC1=O. The van der Waals surface area contributed by atoms with E-state index in [1.165, 1.54) is 19.1 Å². The molecule has 0 aromatic heterocycles. The molecule has 24 heavy (non-hydrogen) atoms. The highest BCUT2D eigenvalue weighted by Crippen LogP contribution is 2.27. The monoisotopic (exact) mass is 328 g/mol. The van der Waals surface area contributed by atoms with E-state index in [0.29, 0.717) is 0 Å². The lowest BCUT2D eigenvalue weighted by atomic mass is 10.0. The molecule has 1 fully saturated rings. The van der Waals surface area contributed by atoms with Crippen LogP contribution in [0.2, 0.25) is 0 Å². The van der Waals surface area contributed by atoms with Crippen LogP contribution in [0.3, 0.4) is 0 Å². The molecule has 0 atom stereocenters. The van der Waals surface area contributed by atoms with E-state index in [4.69, 9.17) is 4.74 Å². The van der Waals surface area contributed by atoms with Gasteiger partial charge in [0.25, 0.3) is 17.4 Å². The first-order valence-corrected chi connectivity index (χ1v) is 7.10. The van der Waals surface area contributed by atoms with E-state index in [1.807, 2.05) is 10.6 Å². The number of ether oxygens (including phenoxy) is 1. The second kappa shape index (κ2) is 5.77. The van der Waals surface area contributed by atoms with Crippen molar-refractivity contribution in [3.05, 3.63) is 54.3 Å². The Morgan fingerprint density at radius 3 is 2.17 bits per heavy atom. The molecule has 122 valence electrons. The van der Waals surface area contributed by atoms with Gasteiger partial charge in [-0.25, -0.2) is 9.18 Å². The third-order valence-corrected chi connectivity index (χ3v) is 3.65. The molecule has 1 aliphatic heterocycles. The van der Waals surface area contributed by atoms with E-state index < -0.39 is 23.4 Å². The molecule has 7 heteroatoms. The first-order chi connectivity index (χ1) is 11.4. The number of barbiturate groups is 1. The predicted octanol–water partition coefficient (Wildman–Crippen LogP) is 2.00. The summed E-state index contributed by atoms with van der Waals surface area (Å²) >= 11 is 0. The number of hydrogen-bond acceptors (Lipinski definition) is 4. The van der Waals surface area contributed by atoms with Crippen LogP contribution in [0.1, 0.15) is 6.92 Å². The van der Waals surface area contributed by atoms with Crippen LogP contribution < -0.4 is 15.4 Å². The lowest BCUT2D eigenvalue weighted by molar-refractivity contribution is -0.149. The molecule has 2 aromatic rings. The lowest BCUT2D eigenvalue weighted by Crippen LogP contribution is -2.67. The van der Waals surface area contributed by atoms with Gasteiger partial charge in [-0.2, -0.15) is 0 Å². The van der Waals surface area contributed by atoms with Crippen LogP contribution in [0.4, 0.5) is 9.18 Å². The molecule has 0 unspecified atom stereocenters. The summed E-state index contributed by atoms with van der Waals surface area (Å²) < 4.78 is 18.6. The summed E-state index contributed by atoms with van der Waals surface area (Å²) in [5, 5.41) is 3.99. The molecule has 2 aromatic carbocycles. The Kier molecular flexibility index (Phi) is 3.76. The van der Waals surface area contributed by atoms with E-state index in [-0.39, 0.29) is 11.6 Å². The number of urea groups is 1. The quantitative estimate of drug-likeness (QED) is 0.844. The van der Waals surface area contributed by atoms with Crippen LogP contribution in [-0.2, 0) is 9.59 Å². The highest BCUT2D eigenvalue weighted by atomic mass is 19.1. The Balaban J connectivity index is 1.89. The maximum Gasteiger partial charge on any atom is 0.328 e. The van der Waals surface area contributed by atoms with E-state index >= 15 is 0 Å². The Morgan fingerprint density at radius 2 is 1.54 bits per heavy atom. The van der Waals surface area contributed by atoms with E-state index in [2.05, 4.69) is 0 Å². The standard InChI is InChI=1S/C17H13FN2O4/c1-17(14(21)19-16(23)20-15(17)22)24-13-4-2-3-11(9-13)10-5-7-12(18)8-6-10/h2-9H,1H3,(H2,19,20,21,22,23). The van der Waals surface area contributed by atoms with Gasteiger partial charge in [0.1, 0.15) is 11.6 Å². The summed E-state index contributed by atoms with van der Waals surface area (Å²) in [6.07, 6.45) is 0. The highest BCUT2D eigenvalue weighted by molar-refractivity contribution is 6.21. The first kappa shape index (κ1) is 15.7. The minimum Gasteiger partial charge on any atom is -0.468 e. The van der Waals surface area contributed by atoms with Gasteiger partial charge in [-0.05, 0) is 42.3 Å². The number of halogens is 1. The van der Waals surface area contributed by atoms with Crippen molar-refractivity contribution in [2.45, 2.75) is 12.5 Å². The third kappa shape index (κ3) is 2.83. The minimum absolute atomic E-state index is 0.263. The maximum absolute atomic E-state index is 13.0. The van der Waals surface area contributed by atoms with E-state index in [0.717, 1.165) is 11.1 Å². The summed E-state index contributed by atoms with van der Waals surface area (Å²) in [5.74, 6) is -1.77. The molecule has 4 amide bonds. The molecule has 6 nitrogen and oxygen atoms in total. The average Bonchev–Trinajstić information content (AvgIpc) is 2.54. The Labute approximate surface area is 136 Å². The zero-order chi connectivity index (χ0) is 17.3. The van der Waals surface area contributed by atoms with Crippen LogP contribution in [-0.4, -0.2) is 23.4 Å². The molecule has 1 saturated heterocycles. The minimum atomic E-state index is -1.87. The number of carbonyl (C=O) groups excluding carboxylic acids is 3. The second-order valence-electron chi connectivity index (χ2n) is 5.41. The molecule has 0 saturated carbocycles. The number of imide groups is 2. The van der Waals surface area contributed by atoms with Crippen molar-refractivity contribution < 1.29 is 23.5 Å². The summed E-state index contributed by atoms with van der Waals surface area (Å²) in [5.41, 5.74) is -0.390. The fraction of sp³-hybridized carbons (Fsp3) is 0.118. The van der Waals surface area contributed by atoms with Gasteiger partial charge in [-0.1, -0.05) is 24.3 Å². The topological polar surface area (TPSA) is 84.5 Å². The average molecular weight is 328 g/mol. The number of nitrogens with one attached hydrogen (secondary N) is 2. The summed E-state index contributed by atoms with van der Waals surface area (Å²) in [7, 11) is 0. The zero-order valence-corrected chi connectivity index (χ0v) is 12.6. The number of benzene rings is 2. The molecule has 1 heterocycles. The van der Waals surface area contributed by atoms with Crippen LogP contribution in [0, 0.1) is 5.82 Å². The van der Waals surface area contributed by atoms with Crippen molar-refractivity contribution in [1.29, 1.82) is 0 Å². The molecule has 0 spiro atoms. The normalized spacial score (nSPS) is 16.3. The van der Waals surface area contributed by atoms with Gasteiger partial charge in [0, 0.05) is 0 Å². The molecular formula is C17H13FN2O4. The fourth-order valence-corrected chi connectivity index (χ4v) is 2.29. The fourth-order valence-electron chi connectivity index (χ4n) is 2.29. The number of carbonyl (C=O) groups is 3. The summed E-state index contributed by atoms with van der Waals surface area (Å²) in [6.45, 7) is 1.27. The van der Waals surface area contributed by atoms with Crippen LogP contribution in [0.15, 0.2) is 48.5 Å². The second-order valence-corrected chi connectivity index (χ2v) is 5.41. The van der Waals surface area contributed by atoms with Crippen molar-refractivity contribution in [1.82, 2.24) is 10.6 Å². The Morgan fingerprint density at radius 1 is 0.917 bits per heavy atom. The van der Waals surface area contributed by atoms with Gasteiger partial charge in [0.15, 0.2) is 0 Å². The molecule has 0 radical (unpaired) electrons. The van der Waals surface area contributed by atoms with Gasteiger partial charge in [-0.15, -0.1) is 0 Å². The molecule has 2 N–H and O–H groups in total.